The molecule has 0 atom stereocenters. The van der Waals surface area contributed by atoms with Gasteiger partial charge in [-0.25, -0.2) is 0 Å². The molecular weight excluding hydrogens is 321 g/mol. The zero-order valence-corrected chi connectivity index (χ0v) is 13.1. The lowest BCUT2D eigenvalue weighted by molar-refractivity contribution is 1.17. The van der Waals surface area contributed by atoms with Gasteiger partial charge in [0, 0.05) is 11.4 Å². The standard InChI is InChI=1S/C12H9Cl2N3S2/c1-6-2-3-18-9(6)5-15-10-7(13)4-8(14)11-12(10)17-19-16-11/h2-4,15H,5H2,1H3. The van der Waals surface area contributed by atoms with Crippen molar-refractivity contribution >= 4 is 63.0 Å². The molecule has 3 aromatic rings. The van der Waals surface area contributed by atoms with Crippen molar-refractivity contribution in [3.05, 3.63) is 38.0 Å². The number of halogens is 2. The number of aryl methyl sites for hydroxylation is 1. The molecule has 0 amide bonds. The number of fused-ring (bicyclic) bond motifs is 1. The van der Waals surface area contributed by atoms with Crippen LogP contribution in [0.3, 0.4) is 0 Å². The molecule has 0 aliphatic rings. The summed E-state index contributed by atoms with van der Waals surface area (Å²) in [6.45, 7) is 2.81. The molecule has 98 valence electrons. The van der Waals surface area contributed by atoms with E-state index in [9.17, 15) is 0 Å². The molecule has 7 heteroatoms. The highest BCUT2D eigenvalue weighted by molar-refractivity contribution is 7.10. The average Bonchev–Trinajstić information content (AvgIpc) is 2.98. The molecule has 0 spiro atoms. The molecule has 3 rings (SSSR count). The summed E-state index contributed by atoms with van der Waals surface area (Å²) < 4.78 is 8.45. The first-order chi connectivity index (χ1) is 9.16. The molecule has 0 radical (unpaired) electrons. The van der Waals surface area contributed by atoms with Gasteiger partial charge in [-0.1, -0.05) is 23.2 Å². The third kappa shape index (κ3) is 2.43. The third-order valence-corrected chi connectivity index (χ3v) is 4.98. The van der Waals surface area contributed by atoms with Crippen molar-refractivity contribution in [2.75, 3.05) is 5.32 Å². The summed E-state index contributed by atoms with van der Waals surface area (Å²) in [7, 11) is 0. The van der Waals surface area contributed by atoms with Crippen LogP contribution in [0, 0.1) is 6.92 Å². The maximum atomic E-state index is 6.24. The van der Waals surface area contributed by atoms with Gasteiger partial charge in [0.15, 0.2) is 0 Å². The van der Waals surface area contributed by atoms with Gasteiger partial charge >= 0.3 is 0 Å². The first-order valence-electron chi connectivity index (χ1n) is 5.54. The topological polar surface area (TPSA) is 37.8 Å². The van der Waals surface area contributed by atoms with Crippen LogP contribution in [0.25, 0.3) is 11.0 Å². The number of anilines is 1. The summed E-state index contributed by atoms with van der Waals surface area (Å²) in [6, 6.07) is 3.81. The average molecular weight is 330 g/mol. The largest absolute Gasteiger partial charge is 0.377 e. The van der Waals surface area contributed by atoms with Crippen molar-refractivity contribution in [2.24, 2.45) is 0 Å². The lowest BCUT2D eigenvalue weighted by atomic mass is 10.2. The summed E-state index contributed by atoms with van der Waals surface area (Å²) in [5.41, 5.74) is 3.50. The third-order valence-electron chi connectivity index (χ3n) is 2.84. The number of hydrogen-bond donors (Lipinski definition) is 1. The highest BCUT2D eigenvalue weighted by Crippen LogP contribution is 2.35. The number of benzene rings is 1. The van der Waals surface area contributed by atoms with Crippen molar-refractivity contribution in [2.45, 2.75) is 13.5 Å². The van der Waals surface area contributed by atoms with E-state index < -0.39 is 0 Å². The minimum Gasteiger partial charge on any atom is -0.377 e. The molecule has 3 nitrogen and oxygen atoms in total. The van der Waals surface area contributed by atoms with Crippen LogP contribution in [0.4, 0.5) is 5.69 Å². The summed E-state index contributed by atoms with van der Waals surface area (Å²) in [5, 5.41) is 6.52. The monoisotopic (exact) mass is 329 g/mol. The van der Waals surface area contributed by atoms with E-state index in [0.29, 0.717) is 15.6 Å². The van der Waals surface area contributed by atoms with Gasteiger partial charge < -0.3 is 5.32 Å². The first kappa shape index (κ1) is 13.1. The molecule has 0 bridgehead atoms. The van der Waals surface area contributed by atoms with Gasteiger partial charge in [-0.2, -0.15) is 8.75 Å². The van der Waals surface area contributed by atoms with Gasteiger partial charge in [-0.05, 0) is 30.0 Å². The lowest BCUT2D eigenvalue weighted by Gasteiger charge is -2.09. The van der Waals surface area contributed by atoms with Crippen LogP contribution in [-0.2, 0) is 6.54 Å². The fourth-order valence-electron chi connectivity index (χ4n) is 1.80. The van der Waals surface area contributed by atoms with E-state index in [2.05, 4.69) is 32.4 Å². The van der Waals surface area contributed by atoms with Gasteiger partial charge in [-0.3, -0.25) is 0 Å². The molecule has 2 aromatic heterocycles. The first-order valence-corrected chi connectivity index (χ1v) is 7.90. The smallest absolute Gasteiger partial charge is 0.130 e. The summed E-state index contributed by atoms with van der Waals surface area (Å²) in [6.07, 6.45) is 0. The van der Waals surface area contributed by atoms with E-state index in [1.807, 2.05) is 0 Å². The van der Waals surface area contributed by atoms with Crippen LogP contribution >= 0.6 is 46.3 Å². The number of aromatic nitrogens is 2. The molecule has 1 N–H and O–H groups in total. The van der Waals surface area contributed by atoms with E-state index in [1.165, 1.54) is 10.4 Å². The van der Waals surface area contributed by atoms with Crippen molar-refractivity contribution in [1.29, 1.82) is 0 Å². The van der Waals surface area contributed by atoms with Crippen LogP contribution in [0.1, 0.15) is 10.4 Å². The van der Waals surface area contributed by atoms with Crippen molar-refractivity contribution in [3.8, 4) is 0 Å². The summed E-state index contributed by atoms with van der Waals surface area (Å²) in [5.74, 6) is 0. The Morgan fingerprint density at radius 2 is 2.00 bits per heavy atom. The molecule has 1 aromatic carbocycles. The molecule has 2 heterocycles. The maximum absolute atomic E-state index is 6.24. The van der Waals surface area contributed by atoms with Gasteiger partial charge in [0.05, 0.1) is 27.5 Å². The van der Waals surface area contributed by atoms with E-state index in [4.69, 9.17) is 23.2 Å². The molecule has 0 fully saturated rings. The zero-order valence-electron chi connectivity index (χ0n) is 9.91. The van der Waals surface area contributed by atoms with Gasteiger partial charge in [0.1, 0.15) is 11.0 Å². The second-order valence-electron chi connectivity index (χ2n) is 4.06. The lowest BCUT2D eigenvalue weighted by Crippen LogP contribution is -2.00. The minimum atomic E-state index is 0.534. The molecule has 0 saturated carbocycles. The van der Waals surface area contributed by atoms with E-state index in [-0.39, 0.29) is 0 Å². The van der Waals surface area contributed by atoms with E-state index >= 15 is 0 Å². The molecule has 0 aliphatic carbocycles. The van der Waals surface area contributed by atoms with Crippen LogP contribution < -0.4 is 5.32 Å². The van der Waals surface area contributed by atoms with Crippen molar-refractivity contribution in [3.63, 3.8) is 0 Å². The number of thiophene rings is 1. The van der Waals surface area contributed by atoms with Gasteiger partial charge in [-0.15, -0.1) is 11.3 Å². The normalized spacial score (nSPS) is 11.1. The minimum absolute atomic E-state index is 0.534. The van der Waals surface area contributed by atoms with E-state index in [1.54, 1.807) is 17.4 Å². The number of hydrogen-bond acceptors (Lipinski definition) is 5. The Labute approximate surface area is 128 Å². The molecule has 0 unspecified atom stereocenters. The molecular formula is C12H9Cl2N3S2. The van der Waals surface area contributed by atoms with Crippen LogP contribution in [0.2, 0.25) is 10.0 Å². The summed E-state index contributed by atoms with van der Waals surface area (Å²) >= 11 is 15.2. The number of rotatable bonds is 3. The maximum Gasteiger partial charge on any atom is 0.130 e. The Bertz CT molecular complexity index is 736. The highest BCUT2D eigenvalue weighted by Gasteiger charge is 2.14. The molecule has 0 aliphatic heterocycles. The SMILES string of the molecule is Cc1ccsc1CNc1c(Cl)cc(Cl)c2nsnc12. The fraction of sp³-hybridized carbons (Fsp3) is 0.167. The van der Waals surface area contributed by atoms with Gasteiger partial charge in [0.25, 0.3) is 0 Å². The van der Waals surface area contributed by atoms with Crippen LogP contribution in [-0.4, -0.2) is 8.75 Å². The number of nitrogens with zero attached hydrogens (tertiary/aromatic N) is 2. The second kappa shape index (κ2) is 5.25. The Balaban J connectivity index is 1.97. The van der Waals surface area contributed by atoms with E-state index in [0.717, 1.165) is 29.5 Å². The quantitative estimate of drug-likeness (QED) is 0.736. The predicted molar refractivity (Wildman–Crippen MR) is 83.8 cm³/mol. The Morgan fingerprint density at radius 3 is 2.74 bits per heavy atom. The Morgan fingerprint density at radius 1 is 1.21 bits per heavy atom. The second-order valence-corrected chi connectivity index (χ2v) is 6.40. The zero-order chi connectivity index (χ0) is 13.4. The van der Waals surface area contributed by atoms with Gasteiger partial charge in [0.2, 0.25) is 0 Å². The van der Waals surface area contributed by atoms with Crippen molar-refractivity contribution < 1.29 is 0 Å². The summed E-state index contributed by atoms with van der Waals surface area (Å²) in [4.78, 5) is 1.28. The Kier molecular flexibility index (Phi) is 3.62. The highest BCUT2D eigenvalue weighted by atomic mass is 35.5. The fourth-order valence-corrected chi connectivity index (χ4v) is 3.82. The molecule has 0 saturated heterocycles. The number of nitrogens with one attached hydrogen (secondary N) is 1. The van der Waals surface area contributed by atoms with Crippen molar-refractivity contribution in [1.82, 2.24) is 8.75 Å². The van der Waals surface area contributed by atoms with Crippen LogP contribution in [0.15, 0.2) is 17.5 Å². The van der Waals surface area contributed by atoms with Crippen LogP contribution in [0.5, 0.6) is 0 Å². The predicted octanol–water partition coefficient (Wildman–Crippen LogP) is 4.98. The Hall–Kier alpha value is -0.880. The molecule has 19 heavy (non-hydrogen) atoms.